The van der Waals surface area contributed by atoms with Gasteiger partial charge in [-0.1, -0.05) is 12.1 Å². The standard InChI is InChI=1S/C16H25N3O2/c1-19(2)16(20)18-11-10-17-15(12-4-5-12)13-6-8-14(21-3)9-7-13/h6-9,12,15,17H,4-5,10-11H2,1-3H3,(H,18,20). The molecule has 1 unspecified atom stereocenters. The second-order valence-electron chi connectivity index (χ2n) is 5.67. The molecule has 5 heteroatoms. The zero-order chi connectivity index (χ0) is 15.2. The molecule has 0 radical (unpaired) electrons. The maximum Gasteiger partial charge on any atom is 0.316 e. The average molecular weight is 291 g/mol. The third-order valence-corrected chi connectivity index (χ3v) is 3.74. The fourth-order valence-electron chi connectivity index (χ4n) is 2.35. The van der Waals surface area contributed by atoms with Crippen molar-refractivity contribution in [3.8, 4) is 5.75 Å². The van der Waals surface area contributed by atoms with Crippen molar-refractivity contribution in [1.82, 2.24) is 15.5 Å². The number of carbonyl (C=O) groups is 1. The van der Waals surface area contributed by atoms with E-state index in [-0.39, 0.29) is 6.03 Å². The highest BCUT2D eigenvalue weighted by Gasteiger charge is 2.31. The SMILES string of the molecule is COc1ccc(C(NCCNC(=O)N(C)C)C2CC2)cc1. The number of hydrogen-bond acceptors (Lipinski definition) is 3. The van der Waals surface area contributed by atoms with Crippen molar-refractivity contribution in [2.45, 2.75) is 18.9 Å². The van der Waals surface area contributed by atoms with Gasteiger partial charge in [0.25, 0.3) is 0 Å². The molecule has 1 atom stereocenters. The first-order chi connectivity index (χ1) is 10.1. The Balaban J connectivity index is 1.83. The van der Waals surface area contributed by atoms with E-state index in [2.05, 4.69) is 22.8 Å². The summed E-state index contributed by atoms with van der Waals surface area (Å²) in [5, 5.41) is 6.43. The Bertz CT molecular complexity index is 455. The summed E-state index contributed by atoms with van der Waals surface area (Å²) in [5.41, 5.74) is 1.29. The number of nitrogens with one attached hydrogen (secondary N) is 2. The maximum atomic E-state index is 11.4. The molecule has 0 saturated heterocycles. The number of amides is 2. The number of ether oxygens (including phenoxy) is 1. The van der Waals surface area contributed by atoms with E-state index in [4.69, 9.17) is 4.74 Å². The summed E-state index contributed by atoms with van der Waals surface area (Å²) < 4.78 is 5.20. The maximum absolute atomic E-state index is 11.4. The van der Waals surface area contributed by atoms with Crippen LogP contribution in [0.1, 0.15) is 24.4 Å². The van der Waals surface area contributed by atoms with Crippen molar-refractivity contribution >= 4 is 6.03 Å². The highest BCUT2D eigenvalue weighted by molar-refractivity contribution is 5.73. The van der Waals surface area contributed by atoms with Crippen LogP contribution in [0.2, 0.25) is 0 Å². The molecular formula is C16H25N3O2. The minimum Gasteiger partial charge on any atom is -0.497 e. The van der Waals surface area contributed by atoms with Gasteiger partial charge in [-0.25, -0.2) is 4.79 Å². The highest BCUT2D eigenvalue weighted by Crippen LogP contribution is 2.41. The number of carbonyl (C=O) groups excluding carboxylic acids is 1. The third-order valence-electron chi connectivity index (χ3n) is 3.74. The average Bonchev–Trinajstić information content (AvgIpc) is 3.32. The van der Waals surface area contributed by atoms with Gasteiger partial charge in [-0.3, -0.25) is 0 Å². The Labute approximate surface area is 126 Å². The lowest BCUT2D eigenvalue weighted by molar-refractivity contribution is 0.217. The van der Waals surface area contributed by atoms with Gasteiger partial charge in [-0.05, 0) is 36.5 Å². The van der Waals surface area contributed by atoms with E-state index in [1.165, 1.54) is 18.4 Å². The molecule has 2 rings (SSSR count). The van der Waals surface area contributed by atoms with Gasteiger partial charge in [0.1, 0.15) is 5.75 Å². The highest BCUT2D eigenvalue weighted by atomic mass is 16.5. The molecular weight excluding hydrogens is 266 g/mol. The lowest BCUT2D eigenvalue weighted by Crippen LogP contribution is -2.39. The predicted molar refractivity (Wildman–Crippen MR) is 83.5 cm³/mol. The van der Waals surface area contributed by atoms with Gasteiger partial charge in [-0.2, -0.15) is 0 Å². The van der Waals surface area contributed by atoms with Crippen molar-refractivity contribution < 1.29 is 9.53 Å². The van der Waals surface area contributed by atoms with Crippen molar-refractivity contribution in [2.24, 2.45) is 5.92 Å². The van der Waals surface area contributed by atoms with Crippen LogP contribution in [-0.2, 0) is 0 Å². The summed E-state index contributed by atoms with van der Waals surface area (Å²) in [5.74, 6) is 1.59. The monoisotopic (exact) mass is 291 g/mol. The normalized spacial score (nSPS) is 15.4. The predicted octanol–water partition coefficient (Wildman–Crippen LogP) is 2.01. The summed E-state index contributed by atoms with van der Waals surface area (Å²) in [4.78, 5) is 13.0. The molecule has 0 bridgehead atoms. The molecule has 1 aromatic rings. The Morgan fingerprint density at radius 1 is 1.29 bits per heavy atom. The summed E-state index contributed by atoms with van der Waals surface area (Å²) in [6.07, 6.45) is 2.54. The van der Waals surface area contributed by atoms with Crippen LogP contribution in [-0.4, -0.2) is 45.2 Å². The van der Waals surface area contributed by atoms with Crippen LogP contribution < -0.4 is 15.4 Å². The summed E-state index contributed by atoms with van der Waals surface area (Å²) in [7, 11) is 5.17. The Morgan fingerprint density at radius 3 is 2.48 bits per heavy atom. The number of urea groups is 1. The lowest BCUT2D eigenvalue weighted by atomic mass is 10.0. The van der Waals surface area contributed by atoms with E-state index in [0.717, 1.165) is 12.3 Å². The van der Waals surface area contributed by atoms with Crippen molar-refractivity contribution in [3.05, 3.63) is 29.8 Å². The largest absolute Gasteiger partial charge is 0.497 e. The molecule has 1 fully saturated rings. The fraction of sp³-hybridized carbons (Fsp3) is 0.562. The van der Waals surface area contributed by atoms with E-state index in [0.29, 0.717) is 18.5 Å². The second kappa shape index (κ2) is 7.31. The number of nitrogens with zero attached hydrogens (tertiary/aromatic N) is 1. The van der Waals surface area contributed by atoms with Crippen LogP contribution in [0.5, 0.6) is 5.75 Å². The molecule has 5 nitrogen and oxygen atoms in total. The number of hydrogen-bond donors (Lipinski definition) is 2. The first-order valence-corrected chi connectivity index (χ1v) is 7.44. The zero-order valence-corrected chi connectivity index (χ0v) is 13.1. The number of benzene rings is 1. The van der Waals surface area contributed by atoms with Gasteiger partial charge in [0.15, 0.2) is 0 Å². The van der Waals surface area contributed by atoms with Gasteiger partial charge in [0, 0.05) is 33.2 Å². The molecule has 1 aromatic carbocycles. The van der Waals surface area contributed by atoms with E-state index in [1.807, 2.05) is 12.1 Å². The summed E-state index contributed by atoms with van der Waals surface area (Å²) in [6.45, 7) is 1.41. The molecule has 1 saturated carbocycles. The van der Waals surface area contributed by atoms with Crippen LogP contribution >= 0.6 is 0 Å². The molecule has 0 spiro atoms. The number of methoxy groups -OCH3 is 1. The van der Waals surface area contributed by atoms with Crippen molar-refractivity contribution in [2.75, 3.05) is 34.3 Å². The van der Waals surface area contributed by atoms with Crippen LogP contribution in [0.15, 0.2) is 24.3 Å². The van der Waals surface area contributed by atoms with Gasteiger partial charge in [0.05, 0.1) is 7.11 Å². The van der Waals surface area contributed by atoms with E-state index in [9.17, 15) is 4.79 Å². The van der Waals surface area contributed by atoms with E-state index in [1.54, 1.807) is 26.1 Å². The minimum atomic E-state index is -0.0516. The molecule has 0 aliphatic heterocycles. The lowest BCUT2D eigenvalue weighted by Gasteiger charge is -2.20. The van der Waals surface area contributed by atoms with Crippen LogP contribution in [0, 0.1) is 5.92 Å². The van der Waals surface area contributed by atoms with Gasteiger partial charge in [0.2, 0.25) is 0 Å². The van der Waals surface area contributed by atoms with Crippen molar-refractivity contribution in [1.29, 1.82) is 0 Å². The first kappa shape index (κ1) is 15.6. The molecule has 0 heterocycles. The Hall–Kier alpha value is -1.75. The molecule has 1 aliphatic rings. The molecule has 1 aliphatic carbocycles. The van der Waals surface area contributed by atoms with Crippen LogP contribution in [0.3, 0.4) is 0 Å². The Morgan fingerprint density at radius 2 is 1.95 bits per heavy atom. The minimum absolute atomic E-state index is 0.0516. The molecule has 116 valence electrons. The van der Waals surface area contributed by atoms with Crippen LogP contribution in [0.4, 0.5) is 4.79 Å². The van der Waals surface area contributed by atoms with Gasteiger partial charge >= 0.3 is 6.03 Å². The van der Waals surface area contributed by atoms with Gasteiger partial charge in [-0.15, -0.1) is 0 Å². The molecule has 21 heavy (non-hydrogen) atoms. The zero-order valence-electron chi connectivity index (χ0n) is 13.1. The van der Waals surface area contributed by atoms with Gasteiger partial charge < -0.3 is 20.3 Å². The van der Waals surface area contributed by atoms with Crippen LogP contribution in [0.25, 0.3) is 0 Å². The first-order valence-electron chi connectivity index (χ1n) is 7.44. The van der Waals surface area contributed by atoms with Crippen molar-refractivity contribution in [3.63, 3.8) is 0 Å². The van der Waals surface area contributed by atoms with E-state index < -0.39 is 0 Å². The fourth-order valence-corrected chi connectivity index (χ4v) is 2.35. The Kier molecular flexibility index (Phi) is 5.44. The smallest absolute Gasteiger partial charge is 0.316 e. The topological polar surface area (TPSA) is 53.6 Å². The second-order valence-corrected chi connectivity index (χ2v) is 5.67. The molecule has 0 aromatic heterocycles. The molecule has 2 amide bonds. The molecule has 2 N–H and O–H groups in total. The van der Waals surface area contributed by atoms with E-state index >= 15 is 0 Å². The summed E-state index contributed by atoms with van der Waals surface area (Å²) >= 11 is 0. The third kappa shape index (κ3) is 4.63. The number of rotatable bonds is 7. The summed E-state index contributed by atoms with van der Waals surface area (Å²) in [6, 6.07) is 8.55. The quantitative estimate of drug-likeness (QED) is 0.756.